The normalized spacial score (nSPS) is 18.8. The predicted molar refractivity (Wildman–Crippen MR) is 78.1 cm³/mol. The van der Waals surface area contributed by atoms with E-state index in [1.165, 1.54) is 12.4 Å². The zero-order valence-corrected chi connectivity index (χ0v) is 12.2. The Labute approximate surface area is 123 Å². The number of oxime groups is 1. The second kappa shape index (κ2) is 6.51. The van der Waals surface area contributed by atoms with Crippen molar-refractivity contribution < 1.29 is 10.0 Å². The van der Waals surface area contributed by atoms with E-state index in [0.717, 1.165) is 31.4 Å². The van der Waals surface area contributed by atoms with Crippen LogP contribution in [0.15, 0.2) is 17.5 Å². The maximum atomic E-state index is 12.4. The number of amides is 1. The molecule has 0 unspecified atom stereocenters. The van der Waals surface area contributed by atoms with Gasteiger partial charge in [0.1, 0.15) is 11.2 Å². The lowest BCUT2D eigenvalue weighted by Gasteiger charge is -2.32. The minimum Gasteiger partial charge on any atom is -0.409 e. The summed E-state index contributed by atoms with van der Waals surface area (Å²) in [7, 11) is 0. The SMILES string of the molecule is Cc1cnc(C(=O)NC2(C(N)=NO)CCCCCC2)cn1. The van der Waals surface area contributed by atoms with Crippen LogP contribution >= 0.6 is 0 Å². The van der Waals surface area contributed by atoms with Crippen LogP contribution in [0.3, 0.4) is 0 Å². The third kappa shape index (κ3) is 3.48. The number of carbonyl (C=O) groups excluding carboxylic acids is 1. The van der Waals surface area contributed by atoms with Crippen LogP contribution < -0.4 is 11.1 Å². The number of hydrogen-bond donors (Lipinski definition) is 3. The first-order chi connectivity index (χ1) is 10.1. The van der Waals surface area contributed by atoms with E-state index in [0.29, 0.717) is 12.8 Å². The first-order valence-electron chi connectivity index (χ1n) is 7.16. The van der Waals surface area contributed by atoms with Crippen molar-refractivity contribution in [1.29, 1.82) is 0 Å². The van der Waals surface area contributed by atoms with Crippen LogP contribution in [-0.4, -0.2) is 32.5 Å². The van der Waals surface area contributed by atoms with Gasteiger partial charge < -0.3 is 16.3 Å². The van der Waals surface area contributed by atoms with Crippen LogP contribution in [0.2, 0.25) is 0 Å². The predicted octanol–water partition coefficient (Wildman–Crippen LogP) is 1.35. The van der Waals surface area contributed by atoms with Gasteiger partial charge in [-0.05, 0) is 19.8 Å². The van der Waals surface area contributed by atoms with Crippen molar-refractivity contribution in [2.75, 3.05) is 0 Å². The van der Waals surface area contributed by atoms with Crippen molar-refractivity contribution in [3.05, 3.63) is 23.8 Å². The summed E-state index contributed by atoms with van der Waals surface area (Å²) in [5.41, 5.74) is 6.03. The molecule has 0 aromatic carbocycles. The third-order valence-corrected chi connectivity index (χ3v) is 3.92. The van der Waals surface area contributed by atoms with Crippen molar-refractivity contribution in [3.63, 3.8) is 0 Å². The highest BCUT2D eigenvalue weighted by atomic mass is 16.4. The Hall–Kier alpha value is -2.18. The third-order valence-electron chi connectivity index (χ3n) is 3.92. The molecule has 1 aliphatic carbocycles. The molecule has 1 heterocycles. The lowest BCUT2D eigenvalue weighted by Crippen LogP contribution is -2.57. The van der Waals surface area contributed by atoms with E-state index in [9.17, 15) is 4.79 Å². The molecular weight excluding hydrogens is 270 g/mol. The molecule has 7 nitrogen and oxygen atoms in total. The number of nitrogens with two attached hydrogens (primary N) is 1. The average molecular weight is 291 g/mol. The molecule has 1 aromatic rings. The molecule has 1 saturated carbocycles. The second-order valence-electron chi connectivity index (χ2n) is 5.48. The maximum Gasteiger partial charge on any atom is 0.272 e. The van der Waals surface area contributed by atoms with Crippen molar-refractivity contribution in [2.45, 2.75) is 51.0 Å². The molecular formula is C14H21N5O2. The molecule has 1 aliphatic rings. The smallest absolute Gasteiger partial charge is 0.272 e. The molecule has 0 bridgehead atoms. The summed E-state index contributed by atoms with van der Waals surface area (Å²) in [4.78, 5) is 20.5. The van der Waals surface area contributed by atoms with E-state index >= 15 is 0 Å². The first kappa shape index (κ1) is 15.2. The topological polar surface area (TPSA) is 113 Å². The van der Waals surface area contributed by atoms with Crippen LogP contribution in [0, 0.1) is 6.92 Å². The molecule has 1 fully saturated rings. The van der Waals surface area contributed by atoms with Crippen LogP contribution in [0.4, 0.5) is 0 Å². The van der Waals surface area contributed by atoms with Gasteiger partial charge in [0.25, 0.3) is 5.91 Å². The lowest BCUT2D eigenvalue weighted by molar-refractivity contribution is 0.0909. The Morgan fingerprint density at radius 3 is 2.48 bits per heavy atom. The highest BCUT2D eigenvalue weighted by Gasteiger charge is 2.37. The van der Waals surface area contributed by atoms with Gasteiger partial charge in [-0.3, -0.25) is 9.78 Å². The highest BCUT2D eigenvalue weighted by Crippen LogP contribution is 2.27. The minimum absolute atomic E-state index is 0.0535. The van der Waals surface area contributed by atoms with Crippen molar-refractivity contribution in [1.82, 2.24) is 15.3 Å². The van der Waals surface area contributed by atoms with Gasteiger partial charge in [0.2, 0.25) is 0 Å². The summed E-state index contributed by atoms with van der Waals surface area (Å²) < 4.78 is 0. The lowest BCUT2D eigenvalue weighted by atomic mass is 9.88. The maximum absolute atomic E-state index is 12.4. The zero-order valence-electron chi connectivity index (χ0n) is 12.2. The van der Waals surface area contributed by atoms with E-state index < -0.39 is 5.54 Å². The molecule has 1 aromatic heterocycles. The number of hydrogen-bond acceptors (Lipinski definition) is 5. The van der Waals surface area contributed by atoms with Crippen molar-refractivity contribution in [2.24, 2.45) is 10.9 Å². The molecule has 0 radical (unpaired) electrons. The largest absolute Gasteiger partial charge is 0.409 e. The number of nitrogens with zero attached hydrogens (tertiary/aromatic N) is 3. The first-order valence-corrected chi connectivity index (χ1v) is 7.16. The van der Waals surface area contributed by atoms with E-state index in [1.807, 2.05) is 0 Å². The number of aromatic nitrogens is 2. The van der Waals surface area contributed by atoms with E-state index in [1.54, 1.807) is 6.92 Å². The molecule has 7 heteroatoms. The zero-order chi connectivity index (χ0) is 15.3. The molecule has 1 amide bonds. The standard InChI is InChI=1S/C14H21N5O2/c1-10-8-17-11(9-16-10)12(20)18-14(13(15)19-21)6-4-2-3-5-7-14/h8-9,21H,2-7H2,1H3,(H2,15,19)(H,18,20). The molecule has 0 saturated heterocycles. The number of amidine groups is 1. The monoisotopic (exact) mass is 291 g/mol. The Balaban J connectivity index is 2.22. The van der Waals surface area contributed by atoms with Crippen LogP contribution in [-0.2, 0) is 0 Å². The fraction of sp³-hybridized carbons (Fsp3) is 0.571. The summed E-state index contributed by atoms with van der Waals surface area (Å²) in [5.74, 6) is -0.297. The summed E-state index contributed by atoms with van der Waals surface area (Å²) in [5, 5.41) is 15.1. The summed E-state index contributed by atoms with van der Waals surface area (Å²) >= 11 is 0. The van der Waals surface area contributed by atoms with Crippen LogP contribution in [0.25, 0.3) is 0 Å². The summed E-state index contributed by atoms with van der Waals surface area (Å²) in [6.07, 6.45) is 8.31. The van der Waals surface area contributed by atoms with Gasteiger partial charge in [0.05, 0.1) is 11.9 Å². The molecule has 4 N–H and O–H groups in total. The van der Waals surface area contributed by atoms with Gasteiger partial charge >= 0.3 is 0 Å². The van der Waals surface area contributed by atoms with Gasteiger partial charge in [0, 0.05) is 6.20 Å². The fourth-order valence-corrected chi connectivity index (χ4v) is 2.66. The Bertz CT molecular complexity index is 519. The van der Waals surface area contributed by atoms with E-state index in [4.69, 9.17) is 10.9 Å². The quantitative estimate of drug-likeness (QED) is 0.256. The summed E-state index contributed by atoms with van der Waals surface area (Å²) in [6, 6.07) is 0. The highest BCUT2D eigenvalue weighted by molar-refractivity contribution is 5.99. The number of rotatable bonds is 3. The molecule has 0 atom stereocenters. The number of carbonyl (C=O) groups is 1. The molecule has 2 rings (SSSR count). The van der Waals surface area contributed by atoms with Gasteiger partial charge in [-0.2, -0.15) is 0 Å². The molecule has 0 spiro atoms. The second-order valence-corrected chi connectivity index (χ2v) is 5.48. The van der Waals surface area contributed by atoms with Crippen LogP contribution in [0.5, 0.6) is 0 Å². The van der Waals surface area contributed by atoms with Crippen molar-refractivity contribution in [3.8, 4) is 0 Å². The number of nitrogens with one attached hydrogen (secondary N) is 1. The van der Waals surface area contributed by atoms with Gasteiger partial charge in [-0.25, -0.2) is 4.98 Å². The van der Waals surface area contributed by atoms with Gasteiger partial charge in [-0.15, -0.1) is 0 Å². The molecule has 0 aliphatic heterocycles. The number of aryl methyl sites for hydroxylation is 1. The van der Waals surface area contributed by atoms with Gasteiger partial charge in [-0.1, -0.05) is 30.8 Å². The molecule has 114 valence electrons. The Kier molecular flexibility index (Phi) is 4.72. The van der Waals surface area contributed by atoms with Crippen molar-refractivity contribution >= 4 is 11.7 Å². The fourth-order valence-electron chi connectivity index (χ4n) is 2.66. The average Bonchev–Trinajstić information content (AvgIpc) is 2.73. The molecule has 21 heavy (non-hydrogen) atoms. The Morgan fingerprint density at radius 2 is 1.95 bits per heavy atom. The van der Waals surface area contributed by atoms with Crippen LogP contribution in [0.1, 0.15) is 54.7 Å². The minimum atomic E-state index is -0.797. The van der Waals surface area contributed by atoms with E-state index in [2.05, 4.69) is 20.4 Å². The van der Waals surface area contributed by atoms with Gasteiger partial charge in [0.15, 0.2) is 5.84 Å². The Morgan fingerprint density at radius 1 is 1.29 bits per heavy atom. The summed E-state index contributed by atoms with van der Waals surface area (Å²) in [6.45, 7) is 1.80. The van der Waals surface area contributed by atoms with E-state index in [-0.39, 0.29) is 17.4 Å².